The molecule has 6 heterocycles. The lowest BCUT2D eigenvalue weighted by Crippen LogP contribution is -2.13. The van der Waals surface area contributed by atoms with E-state index in [0.29, 0.717) is 35.6 Å². The molecule has 0 amide bonds. The van der Waals surface area contributed by atoms with Gasteiger partial charge in [-0.05, 0) is 18.6 Å². The molecule has 1 aliphatic heterocycles. The van der Waals surface area contributed by atoms with Crippen LogP contribution in [0.3, 0.4) is 0 Å². The Bertz CT molecular complexity index is 1450. The van der Waals surface area contributed by atoms with Gasteiger partial charge in [0.15, 0.2) is 5.65 Å². The van der Waals surface area contributed by atoms with Crippen molar-refractivity contribution in [2.24, 2.45) is 7.05 Å². The predicted molar refractivity (Wildman–Crippen MR) is 121 cm³/mol. The van der Waals surface area contributed by atoms with E-state index in [1.54, 1.807) is 23.3 Å². The molecule has 33 heavy (non-hydrogen) atoms. The number of nitrogens with zero attached hydrogens (tertiary/aromatic N) is 9. The van der Waals surface area contributed by atoms with Crippen LogP contribution in [-0.2, 0) is 13.6 Å². The summed E-state index contributed by atoms with van der Waals surface area (Å²) in [5, 5.41) is 21.1. The highest BCUT2D eigenvalue weighted by atomic mass is 35.5. The summed E-state index contributed by atoms with van der Waals surface area (Å²) in [4.78, 5) is 8.98. The molecule has 5 aromatic rings. The zero-order valence-electron chi connectivity index (χ0n) is 17.6. The van der Waals surface area contributed by atoms with E-state index in [-0.39, 0.29) is 5.92 Å². The van der Waals surface area contributed by atoms with Gasteiger partial charge in [0.05, 0.1) is 36.3 Å². The van der Waals surface area contributed by atoms with E-state index in [2.05, 4.69) is 35.7 Å². The van der Waals surface area contributed by atoms with Crippen molar-refractivity contribution in [2.75, 3.05) is 11.9 Å². The molecule has 6 rings (SSSR count). The molecule has 0 unspecified atom stereocenters. The van der Waals surface area contributed by atoms with Crippen LogP contribution in [0.5, 0.6) is 5.88 Å². The first-order chi connectivity index (χ1) is 16.1. The Balaban J connectivity index is 1.35. The van der Waals surface area contributed by atoms with Crippen LogP contribution in [-0.4, -0.2) is 50.7 Å². The van der Waals surface area contributed by atoms with Crippen LogP contribution < -0.4 is 10.1 Å². The minimum atomic E-state index is 0.0943. The predicted octanol–water partition coefficient (Wildman–Crippen LogP) is 3.08. The van der Waals surface area contributed by atoms with Gasteiger partial charge in [-0.25, -0.2) is 14.4 Å². The second-order valence-electron chi connectivity index (χ2n) is 7.78. The van der Waals surface area contributed by atoms with Crippen molar-refractivity contribution in [3.05, 3.63) is 59.9 Å². The van der Waals surface area contributed by atoms with Gasteiger partial charge in [-0.15, -0.1) is 10.2 Å². The third-order valence-corrected chi connectivity index (χ3v) is 5.79. The van der Waals surface area contributed by atoms with Gasteiger partial charge in [0, 0.05) is 43.1 Å². The van der Waals surface area contributed by atoms with E-state index >= 15 is 0 Å². The van der Waals surface area contributed by atoms with E-state index in [1.165, 1.54) is 0 Å². The normalized spacial score (nSPS) is 15.4. The smallest absolute Gasteiger partial charge is 0.228 e. The summed E-state index contributed by atoms with van der Waals surface area (Å²) in [6.07, 6.45) is 7.65. The number of hydrogen-bond donors (Lipinski definition) is 1. The highest BCUT2D eigenvalue weighted by Crippen LogP contribution is 2.32. The third kappa shape index (κ3) is 3.65. The van der Waals surface area contributed by atoms with Crippen LogP contribution in [0.2, 0.25) is 5.02 Å². The number of hydrogen-bond acceptors (Lipinski definition) is 8. The number of ether oxygens (including phenoxy) is 1. The maximum atomic E-state index is 6.10. The van der Waals surface area contributed by atoms with E-state index < -0.39 is 0 Å². The largest absolute Gasteiger partial charge is 0.478 e. The van der Waals surface area contributed by atoms with Gasteiger partial charge in [0.1, 0.15) is 11.6 Å². The van der Waals surface area contributed by atoms with Crippen LogP contribution in [0.25, 0.3) is 16.9 Å². The molecule has 0 aliphatic carbocycles. The molecule has 1 aliphatic rings. The van der Waals surface area contributed by atoms with Crippen molar-refractivity contribution in [3.8, 4) is 17.1 Å². The molecule has 0 aromatic carbocycles. The summed E-state index contributed by atoms with van der Waals surface area (Å²) in [7, 11) is 1.85. The summed E-state index contributed by atoms with van der Waals surface area (Å²) in [5.41, 5.74) is 2.31. The maximum absolute atomic E-state index is 6.10. The fraction of sp³-hybridized carbons (Fsp3) is 0.238. The van der Waals surface area contributed by atoms with Gasteiger partial charge in [-0.1, -0.05) is 11.6 Å². The minimum absolute atomic E-state index is 0.0943. The molecule has 11 nitrogen and oxygen atoms in total. The number of nitrogens with one attached hydrogen (secondary N) is 1. The topological polar surface area (TPSA) is 113 Å². The quantitative estimate of drug-likeness (QED) is 0.424. The maximum Gasteiger partial charge on any atom is 0.228 e. The number of pyridine rings is 1. The fourth-order valence-electron chi connectivity index (χ4n) is 3.99. The zero-order valence-corrected chi connectivity index (χ0v) is 18.4. The second-order valence-corrected chi connectivity index (χ2v) is 8.22. The summed E-state index contributed by atoms with van der Waals surface area (Å²) in [5.74, 6) is 2.89. The lowest BCUT2D eigenvalue weighted by atomic mass is 10.1. The lowest BCUT2D eigenvalue weighted by Gasteiger charge is -2.12. The standard InChI is InChI=1S/C21H19ClN10O/c1-30-17(3-6-24-30)27-21-23-5-2-16(26-21)14-8-18-28-29-20-13(11-31-12-15(22)10-25-31)4-7-33-19(9-14)32(18)20/h2-3,5-6,8-10,12-13H,4,7,11H2,1H3,(H,23,26,27)/t13-/m0/s1. The Morgan fingerprint density at radius 3 is 2.94 bits per heavy atom. The number of rotatable bonds is 5. The number of anilines is 2. The monoisotopic (exact) mass is 462 g/mol. The summed E-state index contributed by atoms with van der Waals surface area (Å²) in [6, 6.07) is 7.62. The number of halogens is 1. The minimum Gasteiger partial charge on any atom is -0.478 e. The molecule has 166 valence electrons. The van der Waals surface area contributed by atoms with E-state index in [1.807, 2.05) is 46.6 Å². The molecule has 5 aromatic heterocycles. The molecule has 0 fully saturated rings. The highest BCUT2D eigenvalue weighted by molar-refractivity contribution is 6.30. The Morgan fingerprint density at radius 1 is 1.18 bits per heavy atom. The molecular weight excluding hydrogens is 444 g/mol. The van der Waals surface area contributed by atoms with Gasteiger partial charge >= 0.3 is 0 Å². The fourth-order valence-corrected chi connectivity index (χ4v) is 4.14. The first kappa shape index (κ1) is 19.7. The average molecular weight is 463 g/mol. The molecule has 0 saturated heterocycles. The second kappa shape index (κ2) is 7.85. The molecule has 12 heteroatoms. The Morgan fingerprint density at radius 2 is 2.12 bits per heavy atom. The molecule has 0 bridgehead atoms. The number of aromatic nitrogens is 9. The first-order valence-electron chi connectivity index (χ1n) is 10.4. The zero-order chi connectivity index (χ0) is 22.4. The van der Waals surface area contributed by atoms with Crippen molar-refractivity contribution < 1.29 is 4.74 Å². The van der Waals surface area contributed by atoms with Crippen LogP contribution in [0.15, 0.2) is 49.1 Å². The Hall–Kier alpha value is -3.99. The van der Waals surface area contributed by atoms with Crippen molar-refractivity contribution in [3.63, 3.8) is 0 Å². The summed E-state index contributed by atoms with van der Waals surface area (Å²) >= 11 is 6.02. The van der Waals surface area contributed by atoms with Crippen LogP contribution >= 0.6 is 11.6 Å². The van der Waals surface area contributed by atoms with Crippen molar-refractivity contribution >= 4 is 29.0 Å². The van der Waals surface area contributed by atoms with Crippen LogP contribution in [0, 0.1) is 0 Å². The van der Waals surface area contributed by atoms with Crippen molar-refractivity contribution in [1.29, 1.82) is 0 Å². The number of aryl methyl sites for hydroxylation is 1. The van der Waals surface area contributed by atoms with Gasteiger partial charge in [-0.2, -0.15) is 10.2 Å². The van der Waals surface area contributed by atoms with E-state index in [9.17, 15) is 0 Å². The highest BCUT2D eigenvalue weighted by Gasteiger charge is 2.25. The first-order valence-corrected chi connectivity index (χ1v) is 10.8. The van der Waals surface area contributed by atoms with E-state index in [4.69, 9.17) is 16.3 Å². The third-order valence-electron chi connectivity index (χ3n) is 5.60. The molecule has 1 N–H and O–H groups in total. The molecule has 0 spiro atoms. The van der Waals surface area contributed by atoms with Gasteiger partial charge < -0.3 is 10.1 Å². The van der Waals surface area contributed by atoms with Gasteiger partial charge in [0.25, 0.3) is 0 Å². The summed E-state index contributed by atoms with van der Waals surface area (Å²) in [6.45, 7) is 1.20. The summed E-state index contributed by atoms with van der Waals surface area (Å²) < 4.78 is 11.6. The molecule has 0 radical (unpaired) electrons. The van der Waals surface area contributed by atoms with Gasteiger partial charge in [-0.3, -0.25) is 9.36 Å². The Kier molecular flexibility index (Phi) is 4.68. The molecular formula is C21H19ClN10O. The molecule has 1 atom stereocenters. The van der Waals surface area contributed by atoms with Crippen LogP contribution in [0.4, 0.5) is 11.8 Å². The molecule has 0 saturated carbocycles. The Labute approximate surface area is 193 Å². The average Bonchev–Trinajstić information content (AvgIpc) is 3.50. The SMILES string of the molecule is Cn1nccc1Nc1nccc(-c2cc3n4c(nnc4c2)[C@H](Cn2cc(Cl)cn2)CCO3)n1. The van der Waals surface area contributed by atoms with Crippen molar-refractivity contribution in [1.82, 2.24) is 44.1 Å². The van der Waals surface area contributed by atoms with Crippen molar-refractivity contribution in [2.45, 2.75) is 18.9 Å². The van der Waals surface area contributed by atoms with Gasteiger partial charge in [0.2, 0.25) is 11.8 Å². The van der Waals surface area contributed by atoms with Crippen LogP contribution in [0.1, 0.15) is 18.2 Å². The van der Waals surface area contributed by atoms with E-state index in [0.717, 1.165) is 29.3 Å². The lowest BCUT2D eigenvalue weighted by molar-refractivity contribution is 0.291.